The number of amides is 4. The molecule has 0 radical (unpaired) electrons. The van der Waals surface area contributed by atoms with E-state index in [-0.39, 0.29) is 62.6 Å². The van der Waals surface area contributed by atoms with Crippen molar-refractivity contribution < 1.29 is 52.1 Å². The first-order chi connectivity index (χ1) is 32.6. The lowest BCUT2D eigenvalue weighted by Gasteiger charge is -2.28. The van der Waals surface area contributed by atoms with Gasteiger partial charge in [0.2, 0.25) is 23.6 Å². The van der Waals surface area contributed by atoms with Gasteiger partial charge in [0.15, 0.2) is 0 Å². The minimum atomic E-state index is -3.10. The maximum Gasteiger partial charge on any atom is 0.324 e. The maximum absolute atomic E-state index is 13.9. The number of aryl methyl sites for hydroxylation is 1. The van der Waals surface area contributed by atoms with Crippen LogP contribution in [0.2, 0.25) is 0 Å². The van der Waals surface area contributed by atoms with E-state index in [0.29, 0.717) is 90.2 Å². The predicted molar refractivity (Wildman–Crippen MR) is 259 cm³/mol. The van der Waals surface area contributed by atoms with Gasteiger partial charge in [-0.3, -0.25) is 19.2 Å². The number of unbranched alkanes of at least 4 members (excludes halogenated alkanes) is 5. The molecule has 1 aliphatic heterocycles. The van der Waals surface area contributed by atoms with Gasteiger partial charge in [-0.2, -0.15) is 0 Å². The standard InChI is InChI=1S/C46H71N8O11PS/c1-47-23-29-62-32-34-64-35-33-63-31-25-50-43(57)21-28-61-30-24-49-42(56)19-20-44(58)53-36-37-14-7-8-15-38(37)46-45(39-16-9-10-17-40(39)53)51-52-54(46)26-12-5-6-18-41(55)48-22-11-3-4-13-27-65-66(59,67)60-2/h7-10,14-17,47H,3-6,11-13,18-36H2,1-2H3,(H,48,55)(H,49,56)(H,50,57)(H,59,67). The molecule has 1 aromatic heterocycles. The Kier molecular flexibility index (Phi) is 26.9. The summed E-state index contributed by atoms with van der Waals surface area (Å²) in [6.45, 7) is 3.60. The summed E-state index contributed by atoms with van der Waals surface area (Å²) in [6.07, 6.45) is 6.49. The van der Waals surface area contributed by atoms with Gasteiger partial charge in [-0.25, -0.2) is 4.68 Å². The maximum atomic E-state index is 13.9. The summed E-state index contributed by atoms with van der Waals surface area (Å²) in [6, 6.07) is 15.6. The molecule has 4 amide bonds. The van der Waals surface area contributed by atoms with E-state index in [2.05, 4.69) is 31.6 Å². The molecule has 1 unspecified atom stereocenters. The third kappa shape index (κ3) is 21.3. The summed E-state index contributed by atoms with van der Waals surface area (Å²) >= 11 is 4.82. The van der Waals surface area contributed by atoms with Gasteiger partial charge in [-0.05, 0) is 56.2 Å². The van der Waals surface area contributed by atoms with Crippen LogP contribution in [0.1, 0.15) is 76.2 Å². The largest absolute Gasteiger partial charge is 0.379 e. The highest BCUT2D eigenvalue weighted by Crippen LogP contribution is 2.43. The summed E-state index contributed by atoms with van der Waals surface area (Å²) < 4.78 is 33.7. The molecule has 4 rings (SSSR count). The lowest BCUT2D eigenvalue weighted by Crippen LogP contribution is -2.34. The van der Waals surface area contributed by atoms with Gasteiger partial charge < -0.3 is 59.1 Å². The molecule has 0 fully saturated rings. The van der Waals surface area contributed by atoms with Crippen LogP contribution in [-0.2, 0) is 72.1 Å². The molecule has 67 heavy (non-hydrogen) atoms. The van der Waals surface area contributed by atoms with E-state index in [9.17, 15) is 24.1 Å². The van der Waals surface area contributed by atoms with Crippen LogP contribution in [-0.4, -0.2) is 143 Å². The highest BCUT2D eigenvalue weighted by Gasteiger charge is 2.29. The lowest BCUT2D eigenvalue weighted by atomic mass is 9.95. The van der Waals surface area contributed by atoms with Crippen molar-refractivity contribution in [3.05, 3.63) is 54.1 Å². The number of ether oxygens (including phenoxy) is 4. The Morgan fingerprint density at radius 2 is 1.25 bits per heavy atom. The fraction of sp³-hybridized carbons (Fsp3) is 0.609. The molecule has 1 aliphatic rings. The molecule has 2 aromatic carbocycles. The first kappa shape index (κ1) is 55.4. The van der Waals surface area contributed by atoms with E-state index < -0.39 is 6.72 Å². The average molecular weight is 975 g/mol. The van der Waals surface area contributed by atoms with Gasteiger partial charge >= 0.3 is 6.72 Å². The van der Waals surface area contributed by atoms with Crippen LogP contribution in [0.4, 0.5) is 5.69 Å². The molecule has 19 nitrogen and oxygen atoms in total. The summed E-state index contributed by atoms with van der Waals surface area (Å²) in [5.41, 5.74) is 4.87. The van der Waals surface area contributed by atoms with Crippen LogP contribution in [0.15, 0.2) is 48.5 Å². The van der Waals surface area contributed by atoms with Crippen molar-refractivity contribution in [3.63, 3.8) is 0 Å². The van der Waals surface area contributed by atoms with Crippen LogP contribution < -0.4 is 26.2 Å². The van der Waals surface area contributed by atoms with Gasteiger partial charge in [0.05, 0.1) is 77.4 Å². The third-order valence-electron chi connectivity index (χ3n) is 10.7. The fourth-order valence-electron chi connectivity index (χ4n) is 7.09. The molecule has 0 saturated heterocycles. The van der Waals surface area contributed by atoms with Crippen LogP contribution in [0.25, 0.3) is 22.5 Å². The molecular formula is C46H71N8O11PS. The molecule has 5 N–H and O–H groups in total. The number of hydrogen-bond acceptors (Lipinski definition) is 14. The number of carbonyl (C=O) groups is 4. The second-order valence-corrected chi connectivity index (χ2v) is 18.7. The number of rotatable bonds is 36. The fourth-order valence-corrected chi connectivity index (χ4v) is 7.78. The average Bonchev–Trinajstić information content (AvgIpc) is 3.74. The number of likely N-dealkylation sites (N-methyl/N-ethyl adjacent to an activating group) is 1. The number of hydrogen-bond donors (Lipinski definition) is 5. The molecule has 21 heteroatoms. The highest BCUT2D eigenvalue weighted by atomic mass is 32.5. The quantitative estimate of drug-likeness (QED) is 0.0406. The molecule has 0 bridgehead atoms. The van der Waals surface area contributed by atoms with Crippen molar-refractivity contribution in [1.29, 1.82) is 0 Å². The number of nitrogens with zero attached hydrogens (tertiary/aromatic N) is 4. The Bertz CT molecular complexity index is 1990. The Hall–Kier alpha value is -4.21. The SMILES string of the molecule is CNCCOCCOCCOCCNC(=O)CCOCCNC(=O)CCC(=O)N1Cc2ccccc2-c2c(nnn2CCCCCC(=O)NCCCCCCOP(O)(=S)OC)-c2ccccc21. The number of nitrogens with one attached hydrogen (secondary N) is 4. The van der Waals surface area contributed by atoms with Crippen LogP contribution in [0.3, 0.4) is 0 Å². The van der Waals surface area contributed by atoms with Gasteiger partial charge in [-0.15, -0.1) is 5.10 Å². The van der Waals surface area contributed by atoms with Crippen molar-refractivity contribution in [2.24, 2.45) is 0 Å². The zero-order chi connectivity index (χ0) is 48.0. The van der Waals surface area contributed by atoms with Gasteiger partial charge in [-0.1, -0.05) is 66.9 Å². The monoisotopic (exact) mass is 974 g/mol. The summed E-state index contributed by atoms with van der Waals surface area (Å²) in [5.74, 6) is -0.584. The topological polar surface area (TPSA) is 226 Å². The molecule has 2 heterocycles. The molecule has 1 atom stereocenters. The third-order valence-corrected chi connectivity index (χ3v) is 12.4. The van der Waals surface area contributed by atoms with E-state index in [1.165, 1.54) is 7.11 Å². The second kappa shape index (κ2) is 32.5. The minimum absolute atomic E-state index is 0.000895. The molecular weight excluding hydrogens is 904 g/mol. The number of para-hydroxylation sites is 1. The zero-order valence-corrected chi connectivity index (χ0v) is 40.9. The van der Waals surface area contributed by atoms with Crippen molar-refractivity contribution in [1.82, 2.24) is 36.3 Å². The Morgan fingerprint density at radius 1 is 0.657 bits per heavy atom. The number of fused-ring (bicyclic) bond motifs is 5. The van der Waals surface area contributed by atoms with Crippen LogP contribution in [0.5, 0.6) is 0 Å². The number of carbonyl (C=O) groups excluding carboxylic acids is 4. The lowest BCUT2D eigenvalue weighted by molar-refractivity contribution is -0.125. The van der Waals surface area contributed by atoms with Crippen LogP contribution >= 0.6 is 6.72 Å². The Morgan fingerprint density at radius 3 is 1.99 bits per heavy atom. The second-order valence-electron chi connectivity index (χ2n) is 15.7. The van der Waals surface area contributed by atoms with E-state index in [1.54, 1.807) is 4.90 Å². The van der Waals surface area contributed by atoms with Crippen LogP contribution in [0, 0.1) is 0 Å². The molecule has 0 saturated carbocycles. The first-order valence-electron chi connectivity index (χ1n) is 23.3. The van der Waals surface area contributed by atoms with E-state index in [0.717, 1.165) is 73.9 Å². The number of aromatic nitrogens is 3. The Labute approximate surface area is 399 Å². The smallest absolute Gasteiger partial charge is 0.324 e. The number of anilines is 1. The molecule has 3 aromatic rings. The number of benzene rings is 2. The Balaban J connectivity index is 1.14. The first-order valence-corrected chi connectivity index (χ1v) is 25.9. The van der Waals surface area contributed by atoms with E-state index >= 15 is 0 Å². The predicted octanol–water partition coefficient (Wildman–Crippen LogP) is 4.26. The van der Waals surface area contributed by atoms with E-state index in [4.69, 9.17) is 39.8 Å². The van der Waals surface area contributed by atoms with Crippen molar-refractivity contribution >= 4 is 47.8 Å². The molecule has 372 valence electrons. The van der Waals surface area contributed by atoms with Crippen molar-refractivity contribution in [3.8, 4) is 22.5 Å². The normalized spacial score (nSPS) is 12.9. The highest BCUT2D eigenvalue weighted by molar-refractivity contribution is 8.07. The van der Waals surface area contributed by atoms with Crippen molar-refractivity contribution in [2.45, 2.75) is 83.7 Å². The summed E-state index contributed by atoms with van der Waals surface area (Å²) in [7, 11) is 3.21. The van der Waals surface area contributed by atoms with E-state index in [1.807, 2.05) is 60.3 Å². The summed E-state index contributed by atoms with van der Waals surface area (Å²) in [5, 5.41) is 20.8. The van der Waals surface area contributed by atoms with Gasteiger partial charge in [0.25, 0.3) is 0 Å². The van der Waals surface area contributed by atoms with Crippen molar-refractivity contribution in [2.75, 3.05) is 105 Å². The minimum Gasteiger partial charge on any atom is -0.379 e. The summed E-state index contributed by atoms with van der Waals surface area (Å²) in [4.78, 5) is 62.7. The van der Waals surface area contributed by atoms with Gasteiger partial charge in [0.1, 0.15) is 5.69 Å². The molecule has 0 spiro atoms. The molecule has 0 aliphatic carbocycles. The zero-order valence-electron chi connectivity index (χ0n) is 39.2. The van der Waals surface area contributed by atoms with Gasteiger partial charge in [0, 0.05) is 76.6 Å².